The average molecular weight is 333 g/mol. The molecule has 122 valence electrons. The van der Waals surface area contributed by atoms with Gasteiger partial charge in [-0.25, -0.2) is 0 Å². The fourth-order valence-electron chi connectivity index (χ4n) is 2.24. The van der Waals surface area contributed by atoms with Crippen LogP contribution in [0.4, 0.5) is 0 Å². The van der Waals surface area contributed by atoms with E-state index in [0.717, 1.165) is 16.9 Å². The number of ether oxygens (including phenoxy) is 2. The van der Waals surface area contributed by atoms with E-state index in [1.165, 1.54) is 0 Å². The first kappa shape index (κ1) is 17.4. The van der Waals surface area contributed by atoms with Gasteiger partial charge in [0.2, 0.25) is 0 Å². The lowest BCUT2D eigenvalue weighted by atomic mass is 9.86. The highest BCUT2D eigenvalue weighted by atomic mass is 35.5. The van der Waals surface area contributed by atoms with Crippen molar-refractivity contribution in [2.45, 2.75) is 32.6 Å². The number of benzene rings is 2. The van der Waals surface area contributed by atoms with E-state index in [4.69, 9.17) is 21.1 Å². The SMILES string of the molecule is COc1ccc(OC(=O)Cc2ccc(Cl)cc2)c(C(C)(C)C)c1. The molecule has 0 unspecified atom stereocenters. The summed E-state index contributed by atoms with van der Waals surface area (Å²) in [6.45, 7) is 6.20. The van der Waals surface area contributed by atoms with Gasteiger partial charge in [0.15, 0.2) is 0 Å². The summed E-state index contributed by atoms with van der Waals surface area (Å²) < 4.78 is 10.8. The third-order valence-corrected chi connectivity index (χ3v) is 3.73. The maximum absolute atomic E-state index is 12.2. The zero-order valence-corrected chi connectivity index (χ0v) is 14.6. The van der Waals surface area contributed by atoms with E-state index in [0.29, 0.717) is 10.8 Å². The van der Waals surface area contributed by atoms with Crippen LogP contribution in [0.15, 0.2) is 42.5 Å². The van der Waals surface area contributed by atoms with E-state index in [2.05, 4.69) is 20.8 Å². The molecule has 0 aliphatic carbocycles. The number of halogens is 1. The van der Waals surface area contributed by atoms with Crippen LogP contribution < -0.4 is 9.47 Å². The van der Waals surface area contributed by atoms with Crippen LogP contribution in [0.25, 0.3) is 0 Å². The van der Waals surface area contributed by atoms with Crippen LogP contribution in [0, 0.1) is 0 Å². The van der Waals surface area contributed by atoms with Crippen molar-refractivity contribution in [3.05, 3.63) is 58.6 Å². The quantitative estimate of drug-likeness (QED) is 0.596. The van der Waals surface area contributed by atoms with Gasteiger partial charge in [0.25, 0.3) is 0 Å². The molecule has 0 aromatic heterocycles. The first-order valence-corrected chi connectivity index (χ1v) is 7.81. The summed E-state index contributed by atoms with van der Waals surface area (Å²) in [6.07, 6.45) is 0.201. The molecular formula is C19H21ClO3. The van der Waals surface area contributed by atoms with Gasteiger partial charge < -0.3 is 9.47 Å². The van der Waals surface area contributed by atoms with Crippen molar-refractivity contribution in [1.82, 2.24) is 0 Å². The highest BCUT2D eigenvalue weighted by Crippen LogP contribution is 2.34. The molecule has 0 aliphatic heterocycles. The minimum Gasteiger partial charge on any atom is -0.497 e. The standard InChI is InChI=1S/C19H21ClO3/c1-19(2,3)16-12-15(22-4)9-10-17(16)23-18(21)11-13-5-7-14(20)8-6-13/h5-10,12H,11H2,1-4H3. The summed E-state index contributed by atoms with van der Waals surface area (Å²) >= 11 is 5.85. The van der Waals surface area contributed by atoms with Crippen LogP contribution in [-0.2, 0) is 16.6 Å². The second kappa shape index (κ2) is 7.05. The number of rotatable bonds is 4. The predicted molar refractivity (Wildman–Crippen MR) is 92.5 cm³/mol. The van der Waals surface area contributed by atoms with E-state index in [1.807, 2.05) is 18.2 Å². The highest BCUT2D eigenvalue weighted by Gasteiger charge is 2.21. The van der Waals surface area contributed by atoms with Gasteiger partial charge in [-0.15, -0.1) is 0 Å². The molecule has 0 spiro atoms. The fourth-order valence-corrected chi connectivity index (χ4v) is 2.36. The molecule has 23 heavy (non-hydrogen) atoms. The van der Waals surface area contributed by atoms with Crippen LogP contribution >= 0.6 is 11.6 Å². The van der Waals surface area contributed by atoms with Gasteiger partial charge in [-0.2, -0.15) is 0 Å². The van der Waals surface area contributed by atoms with Crippen molar-refractivity contribution >= 4 is 17.6 Å². The summed E-state index contributed by atoms with van der Waals surface area (Å²) in [5.41, 5.74) is 1.64. The van der Waals surface area contributed by atoms with Gasteiger partial charge in [-0.3, -0.25) is 4.79 Å². The Morgan fingerprint density at radius 3 is 2.30 bits per heavy atom. The lowest BCUT2D eigenvalue weighted by molar-refractivity contribution is -0.133. The molecule has 0 N–H and O–H groups in total. The Morgan fingerprint density at radius 2 is 1.74 bits per heavy atom. The van der Waals surface area contributed by atoms with Gasteiger partial charge in [-0.1, -0.05) is 44.5 Å². The maximum Gasteiger partial charge on any atom is 0.315 e. The third-order valence-electron chi connectivity index (χ3n) is 3.48. The molecule has 0 bridgehead atoms. The fraction of sp³-hybridized carbons (Fsp3) is 0.316. The second-order valence-corrected chi connectivity index (χ2v) is 6.83. The van der Waals surface area contributed by atoms with Crippen LogP contribution in [0.5, 0.6) is 11.5 Å². The lowest BCUT2D eigenvalue weighted by Gasteiger charge is -2.23. The van der Waals surface area contributed by atoms with Crippen molar-refractivity contribution in [2.24, 2.45) is 0 Å². The lowest BCUT2D eigenvalue weighted by Crippen LogP contribution is -2.17. The van der Waals surface area contributed by atoms with E-state index < -0.39 is 0 Å². The molecule has 0 saturated carbocycles. The van der Waals surface area contributed by atoms with Crippen LogP contribution in [-0.4, -0.2) is 13.1 Å². The van der Waals surface area contributed by atoms with Gasteiger partial charge in [0.1, 0.15) is 11.5 Å². The van der Waals surface area contributed by atoms with E-state index in [-0.39, 0.29) is 17.8 Å². The second-order valence-electron chi connectivity index (χ2n) is 6.39. The van der Waals surface area contributed by atoms with Crippen LogP contribution in [0.2, 0.25) is 5.02 Å². The number of hydrogen-bond donors (Lipinski definition) is 0. The highest BCUT2D eigenvalue weighted by molar-refractivity contribution is 6.30. The first-order chi connectivity index (χ1) is 10.8. The number of esters is 1. The Kier molecular flexibility index (Phi) is 5.32. The normalized spacial score (nSPS) is 11.2. The van der Waals surface area contributed by atoms with Crippen molar-refractivity contribution < 1.29 is 14.3 Å². The van der Waals surface area contributed by atoms with E-state index >= 15 is 0 Å². The smallest absolute Gasteiger partial charge is 0.315 e. The molecule has 2 rings (SSSR count). The topological polar surface area (TPSA) is 35.5 Å². The number of methoxy groups -OCH3 is 1. The summed E-state index contributed by atoms with van der Waals surface area (Å²) in [4.78, 5) is 12.2. The molecule has 0 saturated heterocycles. The van der Waals surface area contributed by atoms with Crippen molar-refractivity contribution in [3.63, 3.8) is 0 Å². The maximum atomic E-state index is 12.2. The molecule has 0 radical (unpaired) electrons. The molecule has 4 heteroatoms. The minimum atomic E-state index is -0.303. The van der Waals surface area contributed by atoms with Crippen LogP contribution in [0.3, 0.4) is 0 Å². The van der Waals surface area contributed by atoms with Crippen molar-refractivity contribution in [2.75, 3.05) is 7.11 Å². The van der Waals surface area contributed by atoms with E-state index in [1.54, 1.807) is 31.4 Å². The summed E-state index contributed by atoms with van der Waals surface area (Å²) in [6, 6.07) is 12.6. The molecule has 2 aromatic carbocycles. The molecule has 0 heterocycles. The molecule has 2 aromatic rings. The zero-order chi connectivity index (χ0) is 17.0. The Labute approximate surface area is 142 Å². The molecule has 3 nitrogen and oxygen atoms in total. The number of carbonyl (C=O) groups is 1. The third kappa shape index (κ3) is 4.73. The van der Waals surface area contributed by atoms with Gasteiger partial charge >= 0.3 is 5.97 Å². The summed E-state index contributed by atoms with van der Waals surface area (Å²) in [5, 5.41) is 0.646. The zero-order valence-electron chi connectivity index (χ0n) is 13.9. The largest absolute Gasteiger partial charge is 0.497 e. The summed E-state index contributed by atoms with van der Waals surface area (Å²) in [7, 11) is 1.62. The number of hydrogen-bond acceptors (Lipinski definition) is 3. The first-order valence-electron chi connectivity index (χ1n) is 7.43. The monoisotopic (exact) mass is 332 g/mol. The van der Waals surface area contributed by atoms with Crippen molar-refractivity contribution in [3.8, 4) is 11.5 Å². The molecular weight excluding hydrogens is 312 g/mol. The van der Waals surface area contributed by atoms with E-state index in [9.17, 15) is 4.79 Å². The minimum absolute atomic E-state index is 0.162. The Morgan fingerprint density at radius 1 is 1.09 bits per heavy atom. The van der Waals surface area contributed by atoms with Gasteiger partial charge in [0, 0.05) is 10.6 Å². The predicted octanol–water partition coefficient (Wildman–Crippen LogP) is 4.79. The van der Waals surface area contributed by atoms with Crippen molar-refractivity contribution in [1.29, 1.82) is 0 Å². The Balaban J connectivity index is 2.18. The van der Waals surface area contributed by atoms with Crippen LogP contribution in [0.1, 0.15) is 31.9 Å². The molecule has 0 aliphatic rings. The molecule has 0 atom stereocenters. The molecule has 0 fully saturated rings. The summed E-state index contributed by atoms with van der Waals surface area (Å²) in [5.74, 6) is 1.01. The van der Waals surface area contributed by atoms with Gasteiger partial charge in [-0.05, 0) is 41.3 Å². The van der Waals surface area contributed by atoms with Gasteiger partial charge in [0.05, 0.1) is 13.5 Å². The number of carbonyl (C=O) groups excluding carboxylic acids is 1. The molecule has 0 amide bonds. The average Bonchev–Trinajstić information content (AvgIpc) is 2.49. The Hall–Kier alpha value is -2.00. The Bertz CT molecular complexity index is 685.